The maximum absolute atomic E-state index is 12.5. The molecule has 0 atom stereocenters. The normalized spacial score (nSPS) is 18.9. The molecule has 0 aliphatic carbocycles. The van der Waals surface area contributed by atoms with Gasteiger partial charge in [-0.15, -0.1) is 5.10 Å². The number of carbonyl (C=O) groups is 1. The summed E-state index contributed by atoms with van der Waals surface area (Å²) in [4.78, 5) is 15.1. The summed E-state index contributed by atoms with van der Waals surface area (Å²) in [6.07, 6.45) is 1.81. The van der Waals surface area contributed by atoms with Crippen molar-refractivity contribution in [2.75, 3.05) is 19.6 Å². The first-order chi connectivity index (χ1) is 8.53. The lowest BCUT2D eigenvalue weighted by Gasteiger charge is -2.38. The topological polar surface area (TPSA) is 58.1 Å². The van der Waals surface area contributed by atoms with Crippen molar-refractivity contribution in [1.82, 2.24) is 19.8 Å². The van der Waals surface area contributed by atoms with Crippen molar-refractivity contribution in [3.05, 3.63) is 10.6 Å². The molecule has 100 valence electrons. The number of nitrogens with zero attached hydrogens (tertiary/aromatic N) is 3. The first kappa shape index (κ1) is 13.4. The van der Waals surface area contributed by atoms with Crippen LogP contribution in [0.4, 0.5) is 0 Å². The standard InChI is InChI=1S/C12H20N4OS/c1-4-5-9-10(18-15-14-9)11(17)16-7-6-13-12(2,3)8-16/h13H,4-8H2,1-3H3. The molecule has 0 bridgehead atoms. The predicted octanol–water partition coefficient (Wildman–Crippen LogP) is 1.31. The number of nitrogens with one attached hydrogen (secondary N) is 1. The molecule has 1 N–H and O–H groups in total. The van der Waals surface area contributed by atoms with Crippen LogP contribution in [0, 0.1) is 0 Å². The first-order valence-electron chi connectivity index (χ1n) is 6.39. The number of aromatic nitrogens is 2. The monoisotopic (exact) mass is 268 g/mol. The first-order valence-corrected chi connectivity index (χ1v) is 7.16. The minimum absolute atomic E-state index is 0.0169. The van der Waals surface area contributed by atoms with Gasteiger partial charge >= 0.3 is 0 Å². The maximum atomic E-state index is 12.5. The van der Waals surface area contributed by atoms with Crippen LogP contribution in [0.2, 0.25) is 0 Å². The highest BCUT2D eigenvalue weighted by Crippen LogP contribution is 2.18. The average molecular weight is 268 g/mol. The number of piperazine rings is 1. The van der Waals surface area contributed by atoms with Crippen molar-refractivity contribution in [2.45, 2.75) is 39.2 Å². The van der Waals surface area contributed by atoms with E-state index in [2.05, 4.69) is 35.7 Å². The van der Waals surface area contributed by atoms with Crippen LogP contribution in [0.15, 0.2) is 0 Å². The number of amides is 1. The molecule has 0 unspecified atom stereocenters. The maximum Gasteiger partial charge on any atom is 0.267 e. The van der Waals surface area contributed by atoms with Gasteiger partial charge in [0.05, 0.1) is 5.69 Å². The molecule has 0 saturated carbocycles. The van der Waals surface area contributed by atoms with E-state index in [1.54, 1.807) is 0 Å². The van der Waals surface area contributed by atoms with E-state index in [4.69, 9.17) is 0 Å². The van der Waals surface area contributed by atoms with Crippen LogP contribution in [0.5, 0.6) is 0 Å². The third kappa shape index (κ3) is 2.87. The number of hydrogen-bond donors (Lipinski definition) is 1. The Bertz CT molecular complexity index is 429. The van der Waals surface area contributed by atoms with Crippen molar-refractivity contribution in [3.63, 3.8) is 0 Å². The van der Waals surface area contributed by atoms with E-state index in [1.165, 1.54) is 11.5 Å². The lowest BCUT2D eigenvalue weighted by molar-refractivity contribution is 0.0655. The molecule has 1 aromatic heterocycles. The molecular weight excluding hydrogens is 248 g/mol. The minimum Gasteiger partial charge on any atom is -0.335 e. The fraction of sp³-hybridized carbons (Fsp3) is 0.750. The Morgan fingerprint density at radius 2 is 2.33 bits per heavy atom. The second-order valence-electron chi connectivity index (χ2n) is 5.34. The van der Waals surface area contributed by atoms with Crippen molar-refractivity contribution >= 4 is 17.4 Å². The molecule has 1 amide bonds. The van der Waals surface area contributed by atoms with Gasteiger partial charge in [-0.25, -0.2) is 0 Å². The predicted molar refractivity (Wildman–Crippen MR) is 71.9 cm³/mol. The van der Waals surface area contributed by atoms with Crippen molar-refractivity contribution in [2.24, 2.45) is 0 Å². The van der Waals surface area contributed by atoms with E-state index in [1.807, 2.05) is 4.90 Å². The Labute approximate surface area is 112 Å². The highest BCUT2D eigenvalue weighted by atomic mass is 32.1. The molecular formula is C12H20N4OS. The van der Waals surface area contributed by atoms with Gasteiger partial charge in [-0.05, 0) is 31.8 Å². The van der Waals surface area contributed by atoms with Crippen LogP contribution < -0.4 is 5.32 Å². The van der Waals surface area contributed by atoms with Crippen LogP contribution >= 0.6 is 11.5 Å². The van der Waals surface area contributed by atoms with E-state index >= 15 is 0 Å². The zero-order valence-electron chi connectivity index (χ0n) is 11.2. The van der Waals surface area contributed by atoms with Gasteiger partial charge in [0.25, 0.3) is 5.91 Å². The lowest BCUT2D eigenvalue weighted by atomic mass is 10.0. The second kappa shape index (κ2) is 5.32. The Kier molecular flexibility index (Phi) is 3.97. The van der Waals surface area contributed by atoms with E-state index in [-0.39, 0.29) is 11.4 Å². The van der Waals surface area contributed by atoms with Gasteiger partial charge < -0.3 is 10.2 Å². The summed E-state index contributed by atoms with van der Waals surface area (Å²) in [6.45, 7) is 8.64. The molecule has 1 aromatic rings. The second-order valence-corrected chi connectivity index (χ2v) is 6.09. The Hall–Kier alpha value is -1.01. The van der Waals surface area contributed by atoms with Crippen molar-refractivity contribution in [1.29, 1.82) is 0 Å². The molecule has 0 spiro atoms. The summed E-state index contributed by atoms with van der Waals surface area (Å²) in [5, 5.41) is 7.47. The molecule has 1 saturated heterocycles. The van der Waals surface area contributed by atoms with Gasteiger partial charge in [-0.2, -0.15) is 0 Å². The van der Waals surface area contributed by atoms with E-state index < -0.39 is 0 Å². The van der Waals surface area contributed by atoms with Gasteiger partial charge in [-0.3, -0.25) is 4.79 Å². The van der Waals surface area contributed by atoms with E-state index in [9.17, 15) is 4.79 Å². The Morgan fingerprint density at radius 1 is 1.56 bits per heavy atom. The number of carbonyl (C=O) groups excluding carboxylic acids is 1. The molecule has 0 aromatic carbocycles. The van der Waals surface area contributed by atoms with Gasteiger partial charge in [0.2, 0.25) is 0 Å². The van der Waals surface area contributed by atoms with Gasteiger partial charge in [0.1, 0.15) is 4.88 Å². The van der Waals surface area contributed by atoms with Crippen LogP contribution in [0.25, 0.3) is 0 Å². The van der Waals surface area contributed by atoms with Gasteiger partial charge in [0, 0.05) is 25.2 Å². The summed E-state index contributed by atoms with van der Waals surface area (Å²) in [7, 11) is 0. The third-order valence-corrected chi connectivity index (χ3v) is 3.85. The Morgan fingerprint density at radius 3 is 3.00 bits per heavy atom. The van der Waals surface area contributed by atoms with Gasteiger partial charge in [-0.1, -0.05) is 17.8 Å². The van der Waals surface area contributed by atoms with Gasteiger partial charge in [0.15, 0.2) is 0 Å². The quantitative estimate of drug-likeness (QED) is 0.898. The Balaban J connectivity index is 2.13. The van der Waals surface area contributed by atoms with Crippen molar-refractivity contribution < 1.29 is 4.79 Å². The SMILES string of the molecule is CCCc1nnsc1C(=O)N1CCNC(C)(C)C1. The van der Waals surface area contributed by atoms with E-state index in [0.29, 0.717) is 0 Å². The molecule has 18 heavy (non-hydrogen) atoms. The smallest absolute Gasteiger partial charge is 0.267 e. The molecule has 1 aliphatic rings. The summed E-state index contributed by atoms with van der Waals surface area (Å²) in [5.74, 6) is 0.0861. The van der Waals surface area contributed by atoms with Crippen LogP contribution in [0.3, 0.4) is 0 Å². The lowest BCUT2D eigenvalue weighted by Crippen LogP contribution is -2.58. The summed E-state index contributed by atoms with van der Waals surface area (Å²) < 4.78 is 3.92. The number of aryl methyl sites for hydroxylation is 1. The third-order valence-electron chi connectivity index (χ3n) is 3.10. The zero-order valence-corrected chi connectivity index (χ0v) is 12.0. The molecule has 2 heterocycles. The number of hydrogen-bond acceptors (Lipinski definition) is 5. The molecule has 6 heteroatoms. The average Bonchev–Trinajstić information content (AvgIpc) is 2.75. The van der Waals surface area contributed by atoms with E-state index in [0.717, 1.165) is 43.0 Å². The van der Waals surface area contributed by atoms with Crippen LogP contribution in [0.1, 0.15) is 42.6 Å². The fourth-order valence-corrected chi connectivity index (χ4v) is 2.91. The van der Waals surface area contributed by atoms with Crippen molar-refractivity contribution in [3.8, 4) is 0 Å². The molecule has 0 radical (unpaired) electrons. The summed E-state index contributed by atoms with van der Waals surface area (Å²) in [6, 6.07) is 0. The largest absolute Gasteiger partial charge is 0.335 e. The molecule has 1 fully saturated rings. The fourth-order valence-electron chi connectivity index (χ4n) is 2.23. The van der Waals surface area contributed by atoms with Crippen LogP contribution in [-0.2, 0) is 6.42 Å². The van der Waals surface area contributed by atoms with Crippen LogP contribution in [-0.4, -0.2) is 45.6 Å². The highest BCUT2D eigenvalue weighted by molar-refractivity contribution is 7.08. The zero-order chi connectivity index (χ0) is 13.2. The molecule has 5 nitrogen and oxygen atoms in total. The molecule has 1 aliphatic heterocycles. The highest BCUT2D eigenvalue weighted by Gasteiger charge is 2.30. The number of rotatable bonds is 3. The summed E-state index contributed by atoms with van der Waals surface area (Å²) in [5.41, 5.74) is 0.834. The molecule has 2 rings (SSSR count). The summed E-state index contributed by atoms with van der Waals surface area (Å²) >= 11 is 1.22. The minimum atomic E-state index is -0.0169.